The molecule has 0 bridgehead atoms. The lowest BCUT2D eigenvalue weighted by atomic mass is 10.1. The fraction of sp³-hybridized carbons (Fsp3) is 0.400. The van der Waals surface area contributed by atoms with Crippen LogP contribution in [0.15, 0.2) is 22.7 Å². The highest BCUT2D eigenvalue weighted by Gasteiger charge is 2.00. The zero-order chi connectivity index (χ0) is 9.68. The number of hydrogen-bond acceptors (Lipinski definition) is 0. The number of halogens is 3. The Balaban J connectivity index is 2.73. The van der Waals surface area contributed by atoms with E-state index in [1.54, 1.807) is 0 Å². The molecule has 0 N–H and O–H groups in total. The summed E-state index contributed by atoms with van der Waals surface area (Å²) < 4.78 is 1.13. The SMILES string of the molecule is ClCCCc1ccc(CCl)cc1Br. The van der Waals surface area contributed by atoms with E-state index in [4.69, 9.17) is 23.2 Å². The fourth-order valence-corrected chi connectivity index (χ4v) is 2.06. The van der Waals surface area contributed by atoms with Crippen molar-refractivity contribution >= 4 is 39.1 Å². The lowest BCUT2D eigenvalue weighted by Crippen LogP contribution is -1.89. The molecule has 0 radical (unpaired) electrons. The Hall–Kier alpha value is 0.280. The van der Waals surface area contributed by atoms with Gasteiger partial charge in [-0.1, -0.05) is 28.1 Å². The standard InChI is InChI=1S/C10H11BrCl2/c11-10-6-8(7-13)3-4-9(10)2-1-5-12/h3-4,6H,1-2,5,7H2. The van der Waals surface area contributed by atoms with Gasteiger partial charge in [0.1, 0.15) is 0 Å². The maximum absolute atomic E-state index is 5.71. The van der Waals surface area contributed by atoms with Crippen LogP contribution in [-0.2, 0) is 12.3 Å². The fourth-order valence-electron chi connectivity index (χ4n) is 1.13. The van der Waals surface area contributed by atoms with Crippen molar-refractivity contribution in [2.24, 2.45) is 0 Å². The predicted octanol–water partition coefficient (Wildman–Crippen LogP) is 4.36. The molecular weight excluding hydrogens is 271 g/mol. The number of aryl methyl sites for hydroxylation is 1. The summed E-state index contributed by atoms with van der Waals surface area (Å²) in [5, 5.41) is 0. The van der Waals surface area contributed by atoms with Crippen molar-refractivity contribution in [3.8, 4) is 0 Å². The normalized spacial score (nSPS) is 10.4. The second-order valence-electron chi connectivity index (χ2n) is 2.85. The summed E-state index contributed by atoms with van der Waals surface area (Å²) in [6.45, 7) is 0. The van der Waals surface area contributed by atoms with Gasteiger partial charge in [-0.25, -0.2) is 0 Å². The summed E-state index contributed by atoms with van der Waals surface area (Å²) >= 11 is 14.9. The summed E-state index contributed by atoms with van der Waals surface area (Å²) in [7, 11) is 0. The van der Waals surface area contributed by atoms with Gasteiger partial charge >= 0.3 is 0 Å². The van der Waals surface area contributed by atoms with Crippen molar-refractivity contribution in [3.05, 3.63) is 33.8 Å². The Morgan fingerprint density at radius 2 is 2.00 bits per heavy atom. The summed E-state index contributed by atoms with van der Waals surface area (Å²) in [5.41, 5.74) is 2.44. The van der Waals surface area contributed by atoms with Crippen LogP contribution in [-0.4, -0.2) is 5.88 Å². The van der Waals surface area contributed by atoms with E-state index >= 15 is 0 Å². The smallest absolute Gasteiger partial charge is 0.0474 e. The number of hydrogen-bond donors (Lipinski definition) is 0. The molecule has 13 heavy (non-hydrogen) atoms. The molecule has 0 aliphatic heterocycles. The monoisotopic (exact) mass is 280 g/mol. The molecule has 0 aliphatic rings. The lowest BCUT2D eigenvalue weighted by molar-refractivity contribution is 0.923. The quantitative estimate of drug-likeness (QED) is 0.720. The second kappa shape index (κ2) is 5.90. The van der Waals surface area contributed by atoms with Crippen LogP contribution in [0.3, 0.4) is 0 Å². The number of alkyl halides is 2. The molecular formula is C10H11BrCl2. The topological polar surface area (TPSA) is 0 Å². The minimum absolute atomic E-state index is 0.564. The zero-order valence-corrected chi connectivity index (χ0v) is 10.3. The van der Waals surface area contributed by atoms with Crippen molar-refractivity contribution in [1.29, 1.82) is 0 Å². The molecule has 0 heterocycles. The van der Waals surface area contributed by atoms with Gasteiger partial charge < -0.3 is 0 Å². The van der Waals surface area contributed by atoms with Gasteiger partial charge in [0, 0.05) is 16.2 Å². The molecule has 0 spiro atoms. The molecule has 0 aliphatic carbocycles. The van der Waals surface area contributed by atoms with Crippen molar-refractivity contribution < 1.29 is 0 Å². The van der Waals surface area contributed by atoms with Gasteiger partial charge in [-0.15, -0.1) is 23.2 Å². The van der Waals surface area contributed by atoms with Crippen LogP contribution in [0, 0.1) is 0 Å². The molecule has 0 fully saturated rings. The van der Waals surface area contributed by atoms with E-state index in [1.165, 1.54) is 5.56 Å². The third-order valence-corrected chi connectivity index (χ3v) is 3.17. The Kier molecular flexibility index (Phi) is 5.15. The van der Waals surface area contributed by atoms with Gasteiger partial charge in [0.15, 0.2) is 0 Å². The van der Waals surface area contributed by atoms with E-state index in [0.29, 0.717) is 11.8 Å². The van der Waals surface area contributed by atoms with Crippen LogP contribution < -0.4 is 0 Å². The highest BCUT2D eigenvalue weighted by Crippen LogP contribution is 2.21. The van der Waals surface area contributed by atoms with Crippen LogP contribution in [0.25, 0.3) is 0 Å². The lowest BCUT2D eigenvalue weighted by Gasteiger charge is -2.04. The first kappa shape index (κ1) is 11.4. The van der Waals surface area contributed by atoms with Crippen molar-refractivity contribution in [2.75, 3.05) is 5.88 Å². The van der Waals surface area contributed by atoms with Gasteiger partial charge in [0.2, 0.25) is 0 Å². The minimum atomic E-state index is 0.564. The molecule has 0 unspecified atom stereocenters. The first-order valence-electron chi connectivity index (χ1n) is 4.17. The van der Waals surface area contributed by atoms with Crippen molar-refractivity contribution in [3.63, 3.8) is 0 Å². The van der Waals surface area contributed by atoms with Gasteiger partial charge in [-0.2, -0.15) is 0 Å². The highest BCUT2D eigenvalue weighted by atomic mass is 79.9. The van der Waals surface area contributed by atoms with Crippen LogP contribution in [0.4, 0.5) is 0 Å². The van der Waals surface area contributed by atoms with Crippen molar-refractivity contribution in [1.82, 2.24) is 0 Å². The molecule has 3 heteroatoms. The Morgan fingerprint density at radius 3 is 2.54 bits per heavy atom. The van der Waals surface area contributed by atoms with E-state index in [9.17, 15) is 0 Å². The van der Waals surface area contributed by atoms with Crippen molar-refractivity contribution in [2.45, 2.75) is 18.7 Å². The molecule has 0 atom stereocenters. The van der Waals surface area contributed by atoms with Crippen LogP contribution in [0.2, 0.25) is 0 Å². The second-order valence-corrected chi connectivity index (χ2v) is 4.35. The molecule has 1 aromatic rings. The van der Waals surface area contributed by atoms with Crippen LogP contribution in [0.5, 0.6) is 0 Å². The van der Waals surface area contributed by atoms with Gasteiger partial charge in [0.25, 0.3) is 0 Å². The number of rotatable bonds is 4. The first-order valence-corrected chi connectivity index (χ1v) is 6.03. The summed E-state index contributed by atoms with van der Waals surface area (Å²) in [6, 6.07) is 6.23. The molecule has 1 aromatic carbocycles. The molecule has 0 saturated carbocycles. The van der Waals surface area contributed by atoms with E-state index < -0.39 is 0 Å². The maximum atomic E-state index is 5.71. The molecule has 0 aromatic heterocycles. The summed E-state index contributed by atoms with van der Waals surface area (Å²) in [4.78, 5) is 0. The predicted molar refractivity (Wildman–Crippen MR) is 62.7 cm³/mol. The molecule has 72 valence electrons. The van der Waals surface area contributed by atoms with E-state index in [0.717, 1.165) is 22.9 Å². The molecule has 0 saturated heterocycles. The Labute approximate surface area is 97.4 Å². The first-order chi connectivity index (χ1) is 6.27. The van der Waals surface area contributed by atoms with Gasteiger partial charge in [0.05, 0.1) is 0 Å². The molecule has 0 amide bonds. The Morgan fingerprint density at radius 1 is 1.23 bits per heavy atom. The maximum Gasteiger partial charge on any atom is 0.0474 e. The molecule has 1 rings (SSSR count). The third-order valence-electron chi connectivity index (χ3n) is 1.85. The van der Waals surface area contributed by atoms with Crippen LogP contribution >= 0.6 is 39.1 Å². The van der Waals surface area contributed by atoms with Gasteiger partial charge in [-0.3, -0.25) is 0 Å². The Bertz CT molecular complexity index is 274. The highest BCUT2D eigenvalue weighted by molar-refractivity contribution is 9.10. The third kappa shape index (κ3) is 3.49. The number of benzene rings is 1. The van der Waals surface area contributed by atoms with Gasteiger partial charge in [-0.05, 0) is 30.0 Å². The van der Waals surface area contributed by atoms with Crippen LogP contribution in [0.1, 0.15) is 17.5 Å². The van der Waals surface area contributed by atoms with E-state index in [2.05, 4.69) is 34.1 Å². The average Bonchev–Trinajstić information content (AvgIpc) is 2.16. The minimum Gasteiger partial charge on any atom is -0.127 e. The summed E-state index contributed by atoms with van der Waals surface area (Å²) in [6.07, 6.45) is 2.03. The average molecular weight is 282 g/mol. The largest absolute Gasteiger partial charge is 0.127 e. The molecule has 0 nitrogen and oxygen atoms in total. The van der Waals surface area contributed by atoms with E-state index in [1.807, 2.05) is 0 Å². The van der Waals surface area contributed by atoms with E-state index in [-0.39, 0.29) is 0 Å². The summed E-state index contributed by atoms with van der Waals surface area (Å²) in [5.74, 6) is 1.28. The zero-order valence-electron chi connectivity index (χ0n) is 7.19.